The van der Waals surface area contributed by atoms with Crippen LogP contribution in [0.25, 0.3) is 6.08 Å². The summed E-state index contributed by atoms with van der Waals surface area (Å²) in [5.74, 6) is -0.0496. The summed E-state index contributed by atoms with van der Waals surface area (Å²) in [7, 11) is -3.93. The van der Waals surface area contributed by atoms with Crippen molar-refractivity contribution in [2.24, 2.45) is 0 Å². The van der Waals surface area contributed by atoms with Gasteiger partial charge in [0.15, 0.2) is 0 Å². The molecule has 7 heteroatoms. The summed E-state index contributed by atoms with van der Waals surface area (Å²) in [5.41, 5.74) is 1.46. The van der Waals surface area contributed by atoms with Gasteiger partial charge in [-0.1, -0.05) is 36.4 Å². The van der Waals surface area contributed by atoms with Gasteiger partial charge in [-0.15, -0.1) is 0 Å². The molecule has 0 bridgehead atoms. The van der Waals surface area contributed by atoms with Gasteiger partial charge in [0.1, 0.15) is 24.3 Å². The third-order valence-corrected chi connectivity index (χ3v) is 5.50. The molecule has 0 radical (unpaired) electrons. The molecule has 0 amide bonds. The summed E-state index contributed by atoms with van der Waals surface area (Å²) in [6.45, 7) is 7.05. The monoisotopic (exact) mass is 454 g/mol. The van der Waals surface area contributed by atoms with E-state index >= 15 is 0 Å². The Hall–Kier alpha value is -1.96. The van der Waals surface area contributed by atoms with Gasteiger partial charge in [0.2, 0.25) is 0 Å². The Morgan fingerprint density at radius 3 is 2.52 bits per heavy atom. The topological polar surface area (TPSA) is 52.6 Å². The molecule has 0 aromatic heterocycles. The minimum absolute atomic E-state index is 0.0634. The summed E-state index contributed by atoms with van der Waals surface area (Å²) >= 11 is 3.27. The molecule has 0 aliphatic heterocycles. The minimum atomic E-state index is -3.93. The lowest BCUT2D eigenvalue weighted by Gasteiger charge is -2.18. The van der Waals surface area contributed by atoms with E-state index in [4.69, 9.17) is 8.92 Å². The normalized spacial score (nSPS) is 12.9. The van der Waals surface area contributed by atoms with Crippen LogP contribution in [-0.4, -0.2) is 21.1 Å². The summed E-state index contributed by atoms with van der Waals surface area (Å²) in [4.78, 5) is 0.0634. The zero-order valence-corrected chi connectivity index (χ0v) is 17.4. The van der Waals surface area contributed by atoms with Crippen molar-refractivity contribution in [3.63, 3.8) is 0 Å². The van der Waals surface area contributed by atoms with E-state index in [1.54, 1.807) is 31.2 Å². The average molecular weight is 455 g/mol. The lowest BCUT2D eigenvalue weighted by Crippen LogP contribution is -2.23. The van der Waals surface area contributed by atoms with Crippen LogP contribution in [0, 0.1) is 12.7 Å². The van der Waals surface area contributed by atoms with Crippen molar-refractivity contribution in [2.75, 3.05) is 6.61 Å². The maximum absolute atomic E-state index is 13.6. The molecule has 0 aliphatic rings. The van der Waals surface area contributed by atoms with Gasteiger partial charge in [0.25, 0.3) is 10.1 Å². The number of hydrogen-bond acceptors (Lipinski definition) is 4. The van der Waals surface area contributed by atoms with E-state index in [0.717, 1.165) is 5.56 Å². The third-order valence-electron chi connectivity index (χ3n) is 3.61. The number of rotatable bonds is 8. The van der Waals surface area contributed by atoms with Gasteiger partial charge in [-0.2, -0.15) is 8.42 Å². The first-order valence-corrected chi connectivity index (χ1v) is 10.3. The fraction of sp³-hybridized carbons (Fsp3) is 0.200. The van der Waals surface area contributed by atoms with E-state index in [2.05, 4.69) is 22.5 Å². The second-order valence-electron chi connectivity index (χ2n) is 5.75. The smallest absolute Gasteiger partial charge is 0.297 e. The Morgan fingerprint density at radius 1 is 1.26 bits per heavy atom. The predicted molar refractivity (Wildman–Crippen MR) is 108 cm³/mol. The highest BCUT2D eigenvalue weighted by Crippen LogP contribution is 2.32. The van der Waals surface area contributed by atoms with E-state index in [1.165, 1.54) is 30.3 Å². The number of halogens is 2. The Morgan fingerprint density at radius 2 is 1.93 bits per heavy atom. The maximum atomic E-state index is 13.6. The van der Waals surface area contributed by atoms with Crippen molar-refractivity contribution < 1.29 is 21.7 Å². The van der Waals surface area contributed by atoms with Crippen LogP contribution in [0.5, 0.6) is 5.75 Å². The molecule has 2 rings (SSSR count). The fourth-order valence-corrected chi connectivity index (χ4v) is 3.70. The van der Waals surface area contributed by atoms with Crippen LogP contribution < -0.4 is 4.74 Å². The number of allylic oxidation sites excluding steroid dienone is 1. The van der Waals surface area contributed by atoms with Gasteiger partial charge >= 0.3 is 0 Å². The highest BCUT2D eigenvalue weighted by atomic mass is 79.9. The molecule has 0 N–H and O–H groups in total. The second kappa shape index (κ2) is 9.30. The molecule has 0 spiro atoms. The van der Waals surface area contributed by atoms with E-state index in [0.29, 0.717) is 15.8 Å². The van der Waals surface area contributed by atoms with E-state index in [1.807, 2.05) is 6.92 Å². The van der Waals surface area contributed by atoms with Crippen LogP contribution in [0.15, 0.2) is 64.5 Å². The highest BCUT2D eigenvalue weighted by molar-refractivity contribution is 9.10. The average Bonchev–Trinajstić information content (AvgIpc) is 2.61. The molecular formula is C20H20BrFO4S. The summed E-state index contributed by atoms with van der Waals surface area (Å²) in [6.07, 6.45) is 4.11. The second-order valence-corrected chi connectivity index (χ2v) is 8.22. The molecule has 0 aliphatic carbocycles. The lowest BCUT2D eigenvalue weighted by atomic mass is 10.2. The van der Waals surface area contributed by atoms with Crippen molar-refractivity contribution in [3.8, 4) is 5.75 Å². The SMILES string of the molecule is C=CC(COS(=O)(=O)c1ccc(C)cc1)Oc1c(Br)cc(F)cc1/C=C/C. The van der Waals surface area contributed by atoms with Gasteiger partial charge < -0.3 is 4.74 Å². The van der Waals surface area contributed by atoms with Crippen LogP contribution in [0.1, 0.15) is 18.1 Å². The molecule has 144 valence electrons. The zero-order valence-electron chi connectivity index (χ0n) is 15.0. The molecule has 4 nitrogen and oxygen atoms in total. The first-order valence-electron chi connectivity index (χ1n) is 8.14. The number of ether oxygens (including phenoxy) is 1. The largest absolute Gasteiger partial charge is 0.482 e. The van der Waals surface area contributed by atoms with Crippen LogP contribution in [-0.2, 0) is 14.3 Å². The Kier molecular flexibility index (Phi) is 7.35. The van der Waals surface area contributed by atoms with Crippen molar-refractivity contribution in [1.82, 2.24) is 0 Å². The standard InChI is InChI=1S/C20H20BrFO4S/c1-4-6-15-11-16(22)12-19(21)20(15)26-17(5-2)13-25-27(23,24)18-9-7-14(3)8-10-18/h4-12,17H,2,13H2,1,3H3/b6-4+. The van der Waals surface area contributed by atoms with E-state index in [9.17, 15) is 12.8 Å². The Bertz CT molecular complexity index is 937. The quantitative estimate of drug-likeness (QED) is 0.402. The Labute approximate surface area is 167 Å². The molecular weight excluding hydrogens is 435 g/mol. The molecule has 0 saturated heterocycles. The summed E-state index contributed by atoms with van der Waals surface area (Å²) < 4.78 is 49.6. The minimum Gasteiger partial charge on any atom is -0.482 e. The van der Waals surface area contributed by atoms with Crippen LogP contribution >= 0.6 is 15.9 Å². The molecule has 0 fully saturated rings. The molecule has 2 aromatic carbocycles. The first kappa shape index (κ1) is 21.3. The van der Waals surface area contributed by atoms with Gasteiger partial charge in [-0.3, -0.25) is 4.18 Å². The molecule has 0 saturated carbocycles. The van der Waals surface area contributed by atoms with Crippen LogP contribution in [0.4, 0.5) is 4.39 Å². The number of hydrogen-bond donors (Lipinski definition) is 0. The summed E-state index contributed by atoms with van der Waals surface area (Å²) in [6, 6.07) is 8.94. The van der Waals surface area contributed by atoms with Crippen LogP contribution in [0.3, 0.4) is 0 Å². The van der Waals surface area contributed by atoms with Crippen molar-refractivity contribution in [3.05, 3.63) is 76.5 Å². The highest BCUT2D eigenvalue weighted by Gasteiger charge is 2.20. The van der Waals surface area contributed by atoms with E-state index in [-0.39, 0.29) is 11.5 Å². The van der Waals surface area contributed by atoms with Crippen molar-refractivity contribution in [1.29, 1.82) is 0 Å². The molecule has 2 aromatic rings. The molecule has 1 unspecified atom stereocenters. The summed E-state index contributed by atoms with van der Waals surface area (Å²) in [5, 5.41) is 0. The molecule has 1 atom stereocenters. The van der Waals surface area contributed by atoms with Crippen LogP contribution in [0.2, 0.25) is 0 Å². The van der Waals surface area contributed by atoms with E-state index < -0.39 is 22.0 Å². The van der Waals surface area contributed by atoms with Gasteiger partial charge in [0, 0.05) is 5.56 Å². The predicted octanol–water partition coefficient (Wildman–Crippen LogP) is 5.27. The molecule has 27 heavy (non-hydrogen) atoms. The van der Waals surface area contributed by atoms with Crippen molar-refractivity contribution in [2.45, 2.75) is 24.8 Å². The number of benzene rings is 2. The van der Waals surface area contributed by atoms with Gasteiger partial charge in [-0.25, -0.2) is 4.39 Å². The zero-order chi connectivity index (χ0) is 20.0. The van der Waals surface area contributed by atoms with Gasteiger partial charge in [0.05, 0.1) is 9.37 Å². The molecule has 0 heterocycles. The fourth-order valence-electron chi connectivity index (χ4n) is 2.24. The Balaban J connectivity index is 2.17. The van der Waals surface area contributed by atoms with Crippen molar-refractivity contribution >= 4 is 32.1 Å². The third kappa shape index (κ3) is 5.76. The number of aryl methyl sites for hydroxylation is 1. The van der Waals surface area contributed by atoms with Gasteiger partial charge in [-0.05, 0) is 60.1 Å². The maximum Gasteiger partial charge on any atom is 0.297 e. The first-order chi connectivity index (χ1) is 12.8. The lowest BCUT2D eigenvalue weighted by molar-refractivity contribution is 0.166.